The number of benzene rings is 3. The van der Waals surface area contributed by atoms with Gasteiger partial charge in [-0.3, -0.25) is 4.79 Å². The Hall–Kier alpha value is -3.62. The molecule has 204 valence electrons. The van der Waals surface area contributed by atoms with Crippen molar-refractivity contribution in [3.05, 3.63) is 112 Å². The van der Waals surface area contributed by atoms with E-state index in [1.54, 1.807) is 23.9 Å². The zero-order chi connectivity index (χ0) is 27.9. The molecule has 0 bridgehead atoms. The molecular formula is C31H28ClFN4O2S. The lowest BCUT2D eigenvalue weighted by Crippen LogP contribution is -2.36. The van der Waals surface area contributed by atoms with E-state index in [2.05, 4.69) is 31.3 Å². The van der Waals surface area contributed by atoms with Crippen LogP contribution in [-0.2, 0) is 17.2 Å². The first kappa shape index (κ1) is 26.6. The van der Waals surface area contributed by atoms with Crippen molar-refractivity contribution in [1.29, 1.82) is 0 Å². The summed E-state index contributed by atoms with van der Waals surface area (Å²) in [5.74, 6) is 1.64. The van der Waals surface area contributed by atoms with Gasteiger partial charge in [-0.05, 0) is 47.2 Å². The first-order chi connectivity index (χ1) is 19.3. The van der Waals surface area contributed by atoms with E-state index in [0.717, 1.165) is 29.0 Å². The molecule has 3 aromatic carbocycles. The number of hydrogen-bond donors (Lipinski definition) is 1. The molecule has 2 aliphatic rings. The Morgan fingerprint density at radius 3 is 2.60 bits per heavy atom. The van der Waals surface area contributed by atoms with E-state index in [0.29, 0.717) is 33.9 Å². The number of aromatic nitrogens is 3. The van der Waals surface area contributed by atoms with Crippen molar-refractivity contribution >= 4 is 35.1 Å². The highest BCUT2D eigenvalue weighted by molar-refractivity contribution is 7.98. The molecule has 6 nitrogen and oxygen atoms in total. The third-order valence-corrected chi connectivity index (χ3v) is 8.43. The standard InChI is InChI=1S/C31H28ClFN4O2S/c1-31(2)15-25-27(26(38)16-31)28(37-29(34-25)35-30(36-37)40-18-19-7-4-3-5-8-19)20-11-13-21(14-12-20)39-17-22-23(32)9-6-10-24(22)33/h3-14,28H,15-18H2,1-2H3,(H,34,35,36). The summed E-state index contributed by atoms with van der Waals surface area (Å²) in [6, 6.07) is 21.8. The average molecular weight is 575 g/mol. The molecule has 1 aliphatic carbocycles. The number of anilines is 1. The van der Waals surface area contributed by atoms with Crippen molar-refractivity contribution in [2.45, 2.75) is 50.2 Å². The predicted octanol–water partition coefficient (Wildman–Crippen LogP) is 7.60. The number of ether oxygens (including phenoxy) is 1. The number of nitrogens with zero attached hydrogens (tertiary/aromatic N) is 3. The highest BCUT2D eigenvalue weighted by Crippen LogP contribution is 2.46. The van der Waals surface area contributed by atoms with Crippen molar-refractivity contribution in [1.82, 2.24) is 14.8 Å². The van der Waals surface area contributed by atoms with E-state index in [-0.39, 0.29) is 17.8 Å². The number of ketones is 1. The second-order valence-corrected chi connectivity index (χ2v) is 12.2. The highest BCUT2D eigenvalue weighted by atomic mass is 35.5. The number of carbonyl (C=O) groups excluding carboxylic acids is 1. The van der Waals surface area contributed by atoms with Gasteiger partial charge in [-0.15, -0.1) is 5.10 Å². The number of rotatable bonds is 7. The van der Waals surface area contributed by atoms with Gasteiger partial charge in [-0.25, -0.2) is 9.07 Å². The van der Waals surface area contributed by atoms with Gasteiger partial charge in [0.05, 0.1) is 5.02 Å². The second kappa shape index (κ2) is 10.7. The fourth-order valence-corrected chi connectivity index (χ4v) is 6.26. The first-order valence-electron chi connectivity index (χ1n) is 13.1. The molecular weight excluding hydrogens is 547 g/mol. The van der Waals surface area contributed by atoms with Gasteiger partial charge in [0.25, 0.3) is 0 Å². The number of carbonyl (C=O) groups is 1. The van der Waals surface area contributed by atoms with Crippen molar-refractivity contribution in [2.75, 3.05) is 5.32 Å². The largest absolute Gasteiger partial charge is 0.489 e. The Kier molecular flexibility index (Phi) is 7.15. The van der Waals surface area contributed by atoms with Crippen LogP contribution in [0.25, 0.3) is 0 Å². The van der Waals surface area contributed by atoms with E-state index < -0.39 is 11.9 Å². The van der Waals surface area contributed by atoms with E-state index in [9.17, 15) is 9.18 Å². The molecule has 1 aliphatic heterocycles. The van der Waals surface area contributed by atoms with E-state index >= 15 is 0 Å². The van der Waals surface area contributed by atoms with Crippen molar-refractivity contribution in [2.24, 2.45) is 5.41 Å². The van der Waals surface area contributed by atoms with Crippen LogP contribution >= 0.6 is 23.4 Å². The summed E-state index contributed by atoms with van der Waals surface area (Å²) in [7, 11) is 0. The monoisotopic (exact) mass is 574 g/mol. The molecule has 1 atom stereocenters. The molecule has 9 heteroatoms. The minimum atomic E-state index is -0.413. The van der Waals surface area contributed by atoms with Crippen LogP contribution in [0.15, 0.2) is 89.2 Å². The first-order valence-corrected chi connectivity index (χ1v) is 14.5. The normalized spacial score (nSPS) is 17.7. The van der Waals surface area contributed by atoms with Gasteiger partial charge < -0.3 is 10.1 Å². The molecule has 0 saturated heterocycles. The van der Waals surface area contributed by atoms with Crippen LogP contribution < -0.4 is 10.1 Å². The maximum absolute atomic E-state index is 14.2. The molecule has 0 saturated carbocycles. The lowest BCUT2D eigenvalue weighted by molar-refractivity contribution is -0.118. The maximum Gasteiger partial charge on any atom is 0.227 e. The molecule has 0 radical (unpaired) electrons. The van der Waals surface area contributed by atoms with Gasteiger partial charge in [0.15, 0.2) is 5.78 Å². The summed E-state index contributed by atoms with van der Waals surface area (Å²) in [4.78, 5) is 18.3. The van der Waals surface area contributed by atoms with E-state index in [4.69, 9.17) is 26.4 Å². The lowest BCUT2D eigenvalue weighted by Gasteiger charge is -2.38. The topological polar surface area (TPSA) is 69.0 Å². The summed E-state index contributed by atoms with van der Waals surface area (Å²) in [6.45, 7) is 4.23. The molecule has 1 unspecified atom stereocenters. The van der Waals surface area contributed by atoms with E-state index in [1.165, 1.54) is 11.6 Å². The summed E-state index contributed by atoms with van der Waals surface area (Å²) in [5.41, 5.74) is 3.87. The van der Waals surface area contributed by atoms with Gasteiger partial charge in [0, 0.05) is 29.0 Å². The quantitative estimate of drug-likeness (QED) is 0.229. The molecule has 4 aromatic rings. The summed E-state index contributed by atoms with van der Waals surface area (Å²) in [5, 5.41) is 9.23. The second-order valence-electron chi connectivity index (χ2n) is 10.9. The Morgan fingerprint density at radius 2 is 1.85 bits per heavy atom. The van der Waals surface area contributed by atoms with Gasteiger partial charge in [0.2, 0.25) is 11.1 Å². The van der Waals surface area contributed by atoms with Crippen molar-refractivity contribution in [3.63, 3.8) is 0 Å². The molecule has 0 spiro atoms. The Bertz CT molecular complexity index is 1580. The van der Waals surface area contributed by atoms with Crippen LogP contribution in [0.5, 0.6) is 5.75 Å². The van der Waals surface area contributed by atoms with Gasteiger partial charge in [-0.2, -0.15) is 4.98 Å². The van der Waals surface area contributed by atoms with Crippen molar-refractivity contribution < 1.29 is 13.9 Å². The smallest absolute Gasteiger partial charge is 0.227 e. The summed E-state index contributed by atoms with van der Waals surface area (Å²) < 4.78 is 21.8. The van der Waals surface area contributed by atoms with Gasteiger partial charge in [0.1, 0.15) is 24.2 Å². The number of Topliss-reactive ketones (excluding diaryl/α,β-unsaturated/α-hetero) is 1. The molecule has 1 aromatic heterocycles. The van der Waals surface area contributed by atoms with Crippen LogP contribution in [0.2, 0.25) is 5.02 Å². The van der Waals surface area contributed by atoms with Gasteiger partial charge >= 0.3 is 0 Å². The Labute approximate surface area is 241 Å². The zero-order valence-corrected chi connectivity index (χ0v) is 23.7. The number of nitrogens with one attached hydrogen (secondary N) is 1. The van der Waals surface area contributed by atoms with Crippen LogP contribution in [-0.4, -0.2) is 20.5 Å². The summed E-state index contributed by atoms with van der Waals surface area (Å²) >= 11 is 7.71. The Morgan fingerprint density at radius 1 is 1.07 bits per heavy atom. The molecule has 1 N–H and O–H groups in total. The number of fused-ring (bicyclic) bond motifs is 1. The fourth-order valence-electron chi connectivity index (χ4n) is 5.25. The van der Waals surface area contributed by atoms with Gasteiger partial charge in [-0.1, -0.05) is 85.7 Å². The van der Waals surface area contributed by atoms with E-state index in [1.807, 2.05) is 47.1 Å². The predicted molar refractivity (Wildman–Crippen MR) is 155 cm³/mol. The van der Waals surface area contributed by atoms with Crippen LogP contribution in [0.3, 0.4) is 0 Å². The third-order valence-electron chi connectivity index (χ3n) is 7.16. The molecule has 6 rings (SSSR count). The molecule has 40 heavy (non-hydrogen) atoms. The van der Waals surface area contributed by atoms with Crippen LogP contribution in [0.1, 0.15) is 49.4 Å². The van der Waals surface area contributed by atoms with Crippen LogP contribution in [0.4, 0.5) is 10.3 Å². The average Bonchev–Trinajstić information content (AvgIpc) is 3.33. The maximum atomic E-state index is 14.2. The number of allylic oxidation sites excluding steroid dienone is 2. The molecule has 0 amide bonds. The summed E-state index contributed by atoms with van der Waals surface area (Å²) in [6.07, 6.45) is 1.21. The zero-order valence-electron chi connectivity index (χ0n) is 22.2. The molecule has 0 fully saturated rings. The third kappa shape index (κ3) is 5.38. The highest BCUT2D eigenvalue weighted by Gasteiger charge is 2.41. The minimum Gasteiger partial charge on any atom is -0.489 e. The fraction of sp³-hybridized carbons (Fsp3) is 0.258. The minimum absolute atomic E-state index is 0.0102. The number of hydrogen-bond acceptors (Lipinski definition) is 6. The SMILES string of the molecule is CC1(C)CC(=O)C2=C(C1)Nc1nc(SCc3ccccc3)nn1C2c1ccc(OCc2c(F)cccc2Cl)cc1. The lowest BCUT2D eigenvalue weighted by atomic mass is 9.73. The Balaban J connectivity index is 1.30. The molecule has 2 heterocycles. The van der Waals surface area contributed by atoms with Crippen molar-refractivity contribution in [3.8, 4) is 5.75 Å². The van der Waals surface area contributed by atoms with Crippen LogP contribution in [0, 0.1) is 11.2 Å². The number of halogens is 2. The number of thioether (sulfide) groups is 1.